The Morgan fingerprint density at radius 2 is 2.40 bits per heavy atom. The molecule has 1 unspecified atom stereocenters. The van der Waals surface area contributed by atoms with E-state index < -0.39 is 0 Å². The number of ether oxygens (including phenoxy) is 1. The largest absolute Gasteiger partial charge is 0.489 e. The fourth-order valence-corrected chi connectivity index (χ4v) is 1.98. The van der Waals surface area contributed by atoms with Gasteiger partial charge in [0.2, 0.25) is 0 Å². The Labute approximate surface area is 95.0 Å². The highest BCUT2D eigenvalue weighted by molar-refractivity contribution is 6.30. The van der Waals surface area contributed by atoms with Crippen molar-refractivity contribution in [3.63, 3.8) is 0 Å². The Kier molecular flexibility index (Phi) is 3.03. The molecule has 1 aliphatic heterocycles. The van der Waals surface area contributed by atoms with Crippen LogP contribution in [0.4, 0.5) is 5.69 Å². The molecule has 4 heteroatoms. The Balaban J connectivity index is 2.26. The van der Waals surface area contributed by atoms with Crippen LogP contribution in [0.5, 0.6) is 5.75 Å². The van der Waals surface area contributed by atoms with E-state index in [2.05, 4.69) is 17.3 Å². The van der Waals surface area contributed by atoms with Gasteiger partial charge in [0.05, 0.1) is 11.7 Å². The second kappa shape index (κ2) is 4.29. The van der Waals surface area contributed by atoms with Gasteiger partial charge in [-0.05, 0) is 19.2 Å². The minimum absolute atomic E-state index is 0.378. The van der Waals surface area contributed by atoms with Crippen LogP contribution in [-0.2, 0) is 0 Å². The van der Waals surface area contributed by atoms with Gasteiger partial charge in [-0.25, -0.2) is 0 Å². The maximum atomic E-state index is 5.91. The number of nitrogens with one attached hydrogen (secondary N) is 1. The highest BCUT2D eigenvalue weighted by Gasteiger charge is 2.23. The lowest BCUT2D eigenvalue weighted by molar-refractivity contribution is 0.264. The zero-order valence-electron chi connectivity index (χ0n) is 8.96. The van der Waals surface area contributed by atoms with Gasteiger partial charge in [0.1, 0.15) is 12.4 Å². The molecule has 0 aliphatic carbocycles. The lowest BCUT2D eigenvalue weighted by Crippen LogP contribution is -2.46. The van der Waals surface area contributed by atoms with Crippen LogP contribution in [0.15, 0.2) is 18.2 Å². The molecular formula is C11H15ClN2O. The molecule has 1 heterocycles. The molecule has 0 fully saturated rings. The van der Waals surface area contributed by atoms with Crippen LogP contribution < -0.4 is 15.0 Å². The van der Waals surface area contributed by atoms with E-state index in [0.29, 0.717) is 17.7 Å². The first-order chi connectivity index (χ1) is 7.22. The summed E-state index contributed by atoms with van der Waals surface area (Å²) in [5, 5.41) is 3.88. The molecule has 0 spiro atoms. The van der Waals surface area contributed by atoms with Gasteiger partial charge >= 0.3 is 0 Å². The number of rotatable bonds is 2. The number of fused-ring (bicyclic) bond motifs is 1. The summed E-state index contributed by atoms with van der Waals surface area (Å²) in [7, 11) is 4.03. The fourth-order valence-electron chi connectivity index (χ4n) is 1.82. The van der Waals surface area contributed by atoms with Crippen molar-refractivity contribution in [3.05, 3.63) is 23.2 Å². The molecule has 1 atom stereocenters. The van der Waals surface area contributed by atoms with Gasteiger partial charge in [-0.3, -0.25) is 0 Å². The number of benzene rings is 1. The van der Waals surface area contributed by atoms with E-state index in [-0.39, 0.29) is 0 Å². The maximum absolute atomic E-state index is 5.91. The van der Waals surface area contributed by atoms with Gasteiger partial charge < -0.3 is 15.0 Å². The Hall–Kier alpha value is -0.930. The standard InChI is InChI=1S/C11H15ClN2O/c1-13-6-9-7-15-11-5-8(12)3-4-10(11)14(9)2/h3-5,9,13H,6-7H2,1-2H3. The van der Waals surface area contributed by atoms with Crippen molar-refractivity contribution in [1.82, 2.24) is 5.32 Å². The third-order valence-electron chi connectivity index (χ3n) is 2.72. The third-order valence-corrected chi connectivity index (χ3v) is 2.96. The average molecular weight is 227 g/mol. The monoisotopic (exact) mass is 226 g/mol. The van der Waals surface area contributed by atoms with Crippen LogP contribution >= 0.6 is 11.6 Å². The molecule has 1 aliphatic rings. The van der Waals surface area contributed by atoms with Crippen molar-refractivity contribution in [2.45, 2.75) is 6.04 Å². The number of likely N-dealkylation sites (N-methyl/N-ethyl adjacent to an activating group) is 2. The van der Waals surface area contributed by atoms with Gasteiger partial charge in [-0.2, -0.15) is 0 Å². The highest BCUT2D eigenvalue weighted by Crippen LogP contribution is 2.34. The van der Waals surface area contributed by atoms with Crippen LogP contribution in [0, 0.1) is 0 Å². The molecule has 0 saturated carbocycles. The van der Waals surface area contributed by atoms with Gasteiger partial charge in [0, 0.05) is 24.7 Å². The molecule has 0 amide bonds. The second-order valence-electron chi connectivity index (χ2n) is 3.75. The van der Waals surface area contributed by atoms with Crippen molar-refractivity contribution < 1.29 is 4.74 Å². The predicted molar refractivity (Wildman–Crippen MR) is 63.1 cm³/mol. The van der Waals surface area contributed by atoms with E-state index >= 15 is 0 Å². The molecule has 15 heavy (non-hydrogen) atoms. The minimum atomic E-state index is 0.378. The van der Waals surface area contributed by atoms with Gasteiger partial charge in [0.15, 0.2) is 0 Å². The first-order valence-corrected chi connectivity index (χ1v) is 5.40. The van der Waals surface area contributed by atoms with Gasteiger partial charge in [-0.15, -0.1) is 0 Å². The predicted octanol–water partition coefficient (Wildman–Crippen LogP) is 1.76. The zero-order chi connectivity index (χ0) is 10.8. The Bertz CT molecular complexity index is 356. The first kappa shape index (κ1) is 10.6. The maximum Gasteiger partial charge on any atom is 0.144 e. The number of hydrogen-bond acceptors (Lipinski definition) is 3. The molecule has 0 radical (unpaired) electrons. The van der Waals surface area contributed by atoms with E-state index in [0.717, 1.165) is 18.0 Å². The number of hydrogen-bond donors (Lipinski definition) is 1. The molecule has 2 rings (SSSR count). The van der Waals surface area contributed by atoms with Crippen LogP contribution in [0.25, 0.3) is 0 Å². The summed E-state index contributed by atoms with van der Waals surface area (Å²) in [6.07, 6.45) is 0. The van der Waals surface area contributed by atoms with E-state index in [4.69, 9.17) is 16.3 Å². The first-order valence-electron chi connectivity index (χ1n) is 5.02. The summed E-state index contributed by atoms with van der Waals surface area (Å²) in [5.41, 5.74) is 1.10. The van der Waals surface area contributed by atoms with Crippen molar-refractivity contribution in [2.24, 2.45) is 0 Å². The highest BCUT2D eigenvalue weighted by atomic mass is 35.5. The van der Waals surface area contributed by atoms with E-state index in [1.165, 1.54) is 0 Å². The van der Waals surface area contributed by atoms with Crippen LogP contribution in [0.3, 0.4) is 0 Å². The summed E-state index contributed by atoms with van der Waals surface area (Å²) in [4.78, 5) is 2.23. The van der Waals surface area contributed by atoms with Crippen molar-refractivity contribution in [2.75, 3.05) is 32.1 Å². The van der Waals surface area contributed by atoms with Gasteiger partial charge in [-0.1, -0.05) is 11.6 Å². The summed E-state index contributed by atoms with van der Waals surface area (Å²) >= 11 is 5.91. The van der Waals surface area contributed by atoms with E-state index in [1.54, 1.807) is 0 Å². The van der Waals surface area contributed by atoms with Crippen LogP contribution in [0.2, 0.25) is 5.02 Å². The summed E-state index contributed by atoms with van der Waals surface area (Å²) < 4.78 is 5.67. The molecule has 0 saturated heterocycles. The summed E-state index contributed by atoms with van der Waals surface area (Å²) in [6.45, 7) is 1.61. The van der Waals surface area contributed by atoms with Crippen molar-refractivity contribution in [3.8, 4) is 5.75 Å². The number of halogens is 1. The molecular weight excluding hydrogens is 212 g/mol. The normalized spacial score (nSPS) is 19.7. The van der Waals surface area contributed by atoms with Crippen LogP contribution in [-0.4, -0.2) is 33.3 Å². The van der Waals surface area contributed by atoms with Crippen molar-refractivity contribution >= 4 is 17.3 Å². The Morgan fingerprint density at radius 1 is 1.60 bits per heavy atom. The van der Waals surface area contributed by atoms with Crippen molar-refractivity contribution in [1.29, 1.82) is 0 Å². The SMILES string of the molecule is CNCC1COc2cc(Cl)ccc2N1C. The molecule has 1 aromatic carbocycles. The van der Waals surface area contributed by atoms with Gasteiger partial charge in [0.25, 0.3) is 0 Å². The summed E-state index contributed by atoms with van der Waals surface area (Å²) in [6, 6.07) is 6.13. The molecule has 0 aromatic heterocycles. The van der Waals surface area contributed by atoms with E-state index in [9.17, 15) is 0 Å². The lowest BCUT2D eigenvalue weighted by atomic mass is 10.1. The van der Waals surface area contributed by atoms with Crippen LogP contribution in [0.1, 0.15) is 0 Å². The molecule has 1 N–H and O–H groups in total. The van der Waals surface area contributed by atoms with E-state index in [1.807, 2.05) is 25.2 Å². The number of nitrogens with zero attached hydrogens (tertiary/aromatic N) is 1. The average Bonchev–Trinajstić information content (AvgIpc) is 2.22. The molecule has 1 aromatic rings. The second-order valence-corrected chi connectivity index (χ2v) is 4.18. The lowest BCUT2D eigenvalue weighted by Gasteiger charge is -2.35. The molecule has 3 nitrogen and oxygen atoms in total. The minimum Gasteiger partial charge on any atom is -0.489 e. The number of anilines is 1. The molecule has 0 bridgehead atoms. The summed E-state index contributed by atoms with van der Waals surface area (Å²) in [5.74, 6) is 0.873. The quantitative estimate of drug-likeness (QED) is 0.832. The fraction of sp³-hybridized carbons (Fsp3) is 0.455. The molecule has 82 valence electrons. The topological polar surface area (TPSA) is 24.5 Å². The Morgan fingerprint density at radius 3 is 3.13 bits per heavy atom. The smallest absolute Gasteiger partial charge is 0.144 e. The third kappa shape index (κ3) is 2.03. The zero-order valence-corrected chi connectivity index (χ0v) is 9.71.